The summed E-state index contributed by atoms with van der Waals surface area (Å²) in [6.07, 6.45) is 2.79. The zero-order valence-corrected chi connectivity index (χ0v) is 11.3. The minimum absolute atomic E-state index is 0.427. The number of esters is 1. The van der Waals surface area contributed by atoms with E-state index < -0.39 is 18.5 Å². The summed E-state index contributed by atoms with van der Waals surface area (Å²) in [7, 11) is 0. The van der Waals surface area contributed by atoms with E-state index in [1.165, 1.54) is 17.4 Å². The first-order valence-corrected chi connectivity index (χ1v) is 6.57. The minimum Gasteiger partial charge on any atom is -0.452 e. The Bertz CT molecular complexity index is 663. The Morgan fingerprint density at radius 3 is 2.79 bits per heavy atom. The molecular formula is C13H10ClNO3S. The fourth-order valence-electron chi connectivity index (χ4n) is 1.47. The number of carbonyl (C=O) groups excluding carboxylic acids is 2. The van der Waals surface area contributed by atoms with Crippen LogP contribution in [0.2, 0.25) is 5.02 Å². The second kappa shape index (κ2) is 5.86. The summed E-state index contributed by atoms with van der Waals surface area (Å²) >= 11 is 7.67. The van der Waals surface area contributed by atoms with Gasteiger partial charge in [-0.2, -0.15) is 0 Å². The van der Waals surface area contributed by atoms with Crippen molar-refractivity contribution >= 4 is 51.0 Å². The quantitative estimate of drug-likeness (QED) is 0.696. The molecule has 0 saturated carbocycles. The zero-order valence-electron chi connectivity index (χ0n) is 9.76. The standard InChI is InChI=1S/C13H10ClNO3S/c14-13-8-3-1-2-4-9(8)19-10(13)5-6-12(17)18-7-11(15)16/h1-6H,7H2,(H2,15,16). The van der Waals surface area contributed by atoms with Crippen molar-refractivity contribution in [2.24, 2.45) is 5.73 Å². The maximum Gasteiger partial charge on any atom is 0.331 e. The number of primary amides is 1. The minimum atomic E-state index is -0.693. The van der Waals surface area contributed by atoms with Crippen molar-refractivity contribution in [2.75, 3.05) is 6.61 Å². The van der Waals surface area contributed by atoms with Crippen molar-refractivity contribution in [3.63, 3.8) is 0 Å². The van der Waals surface area contributed by atoms with Crippen LogP contribution in [-0.2, 0) is 14.3 Å². The molecule has 1 heterocycles. The van der Waals surface area contributed by atoms with Crippen molar-refractivity contribution in [2.45, 2.75) is 0 Å². The lowest BCUT2D eigenvalue weighted by molar-refractivity contribution is -0.142. The Morgan fingerprint density at radius 1 is 1.37 bits per heavy atom. The van der Waals surface area contributed by atoms with E-state index >= 15 is 0 Å². The highest BCUT2D eigenvalue weighted by Crippen LogP contribution is 2.35. The molecular weight excluding hydrogens is 286 g/mol. The third kappa shape index (κ3) is 3.33. The second-order valence-corrected chi connectivity index (χ2v) is 5.15. The number of ether oxygens (including phenoxy) is 1. The van der Waals surface area contributed by atoms with Gasteiger partial charge in [-0.25, -0.2) is 4.79 Å². The molecule has 0 fully saturated rings. The smallest absolute Gasteiger partial charge is 0.331 e. The van der Waals surface area contributed by atoms with Crippen LogP contribution in [0.4, 0.5) is 0 Å². The first-order chi connectivity index (χ1) is 9.08. The highest BCUT2D eigenvalue weighted by Gasteiger charge is 2.08. The summed E-state index contributed by atoms with van der Waals surface area (Å²) < 4.78 is 5.64. The van der Waals surface area contributed by atoms with E-state index in [-0.39, 0.29) is 0 Å². The summed E-state index contributed by atoms with van der Waals surface area (Å²) in [6.45, 7) is -0.427. The van der Waals surface area contributed by atoms with Gasteiger partial charge in [-0.3, -0.25) is 4.79 Å². The largest absolute Gasteiger partial charge is 0.452 e. The molecule has 0 spiro atoms. The lowest BCUT2D eigenvalue weighted by Gasteiger charge is -1.96. The first kappa shape index (κ1) is 13.6. The fraction of sp³-hybridized carbons (Fsp3) is 0.0769. The number of hydrogen-bond donors (Lipinski definition) is 1. The second-order valence-electron chi connectivity index (χ2n) is 3.68. The number of hydrogen-bond acceptors (Lipinski definition) is 4. The monoisotopic (exact) mass is 295 g/mol. The molecule has 98 valence electrons. The molecule has 0 saturated heterocycles. The maximum atomic E-state index is 11.3. The molecule has 0 radical (unpaired) electrons. The van der Waals surface area contributed by atoms with Crippen LogP contribution < -0.4 is 5.73 Å². The molecule has 2 aromatic rings. The maximum absolute atomic E-state index is 11.3. The lowest BCUT2D eigenvalue weighted by atomic mass is 10.2. The first-order valence-electron chi connectivity index (χ1n) is 5.38. The van der Waals surface area contributed by atoms with Crippen molar-refractivity contribution in [1.82, 2.24) is 0 Å². The van der Waals surface area contributed by atoms with Gasteiger partial charge in [0.25, 0.3) is 5.91 Å². The molecule has 2 rings (SSSR count). The van der Waals surface area contributed by atoms with E-state index in [9.17, 15) is 9.59 Å². The molecule has 0 aliphatic rings. The van der Waals surface area contributed by atoms with Crippen LogP contribution >= 0.6 is 22.9 Å². The molecule has 1 aromatic carbocycles. The number of thiophene rings is 1. The van der Waals surface area contributed by atoms with E-state index in [4.69, 9.17) is 17.3 Å². The van der Waals surface area contributed by atoms with E-state index in [2.05, 4.69) is 4.74 Å². The van der Waals surface area contributed by atoms with Crippen LogP contribution in [0.5, 0.6) is 0 Å². The van der Waals surface area contributed by atoms with Crippen LogP contribution in [0, 0.1) is 0 Å². The molecule has 0 atom stereocenters. The van der Waals surface area contributed by atoms with Crippen molar-refractivity contribution in [3.05, 3.63) is 40.2 Å². The van der Waals surface area contributed by atoms with Gasteiger partial charge in [-0.05, 0) is 12.1 Å². The molecule has 0 unspecified atom stereocenters. The SMILES string of the molecule is NC(=O)COC(=O)C=Cc1sc2ccccc2c1Cl. The average Bonchev–Trinajstić information content (AvgIpc) is 2.71. The van der Waals surface area contributed by atoms with E-state index in [0.29, 0.717) is 5.02 Å². The third-order valence-corrected chi connectivity index (χ3v) is 3.94. The molecule has 19 heavy (non-hydrogen) atoms. The number of halogens is 1. The van der Waals surface area contributed by atoms with Crippen molar-refractivity contribution in [3.8, 4) is 0 Å². The molecule has 0 aliphatic carbocycles. The Labute approximate surface area is 118 Å². The molecule has 6 heteroatoms. The Balaban J connectivity index is 2.15. The number of nitrogens with two attached hydrogens (primary N) is 1. The van der Waals surface area contributed by atoms with E-state index in [1.54, 1.807) is 6.08 Å². The Morgan fingerprint density at radius 2 is 2.11 bits per heavy atom. The lowest BCUT2D eigenvalue weighted by Crippen LogP contribution is -2.19. The summed E-state index contributed by atoms with van der Waals surface area (Å²) in [5, 5.41) is 1.54. The van der Waals surface area contributed by atoms with Gasteiger partial charge in [-0.15, -0.1) is 11.3 Å². The third-order valence-electron chi connectivity index (χ3n) is 2.29. The highest BCUT2D eigenvalue weighted by molar-refractivity contribution is 7.20. The van der Waals surface area contributed by atoms with Gasteiger partial charge in [0.05, 0.1) is 5.02 Å². The molecule has 1 aromatic heterocycles. The van der Waals surface area contributed by atoms with Crippen LogP contribution in [0.25, 0.3) is 16.2 Å². The molecule has 0 aliphatic heterocycles. The summed E-state index contributed by atoms with van der Waals surface area (Å²) in [6, 6.07) is 7.69. The number of carbonyl (C=O) groups is 2. The number of fused-ring (bicyclic) bond motifs is 1. The topological polar surface area (TPSA) is 69.4 Å². The van der Waals surface area contributed by atoms with Gasteiger partial charge >= 0.3 is 5.97 Å². The highest BCUT2D eigenvalue weighted by atomic mass is 35.5. The van der Waals surface area contributed by atoms with E-state index in [1.807, 2.05) is 24.3 Å². The fourth-order valence-corrected chi connectivity index (χ4v) is 2.87. The Hall–Kier alpha value is -1.85. The van der Waals surface area contributed by atoms with Crippen LogP contribution in [0.3, 0.4) is 0 Å². The van der Waals surface area contributed by atoms with Crippen LogP contribution in [0.15, 0.2) is 30.3 Å². The van der Waals surface area contributed by atoms with Gasteiger partial charge in [0.1, 0.15) is 0 Å². The Kier molecular flexibility index (Phi) is 4.19. The van der Waals surface area contributed by atoms with Gasteiger partial charge in [0, 0.05) is 21.0 Å². The van der Waals surface area contributed by atoms with Crippen LogP contribution in [-0.4, -0.2) is 18.5 Å². The molecule has 0 bridgehead atoms. The summed E-state index contributed by atoms with van der Waals surface area (Å²) in [5.41, 5.74) is 4.86. The van der Waals surface area contributed by atoms with Gasteiger partial charge in [0.15, 0.2) is 6.61 Å². The summed E-state index contributed by atoms with van der Waals surface area (Å²) in [5.74, 6) is -1.33. The van der Waals surface area contributed by atoms with Gasteiger partial charge in [-0.1, -0.05) is 29.8 Å². The normalized spacial score (nSPS) is 11.0. The average molecular weight is 296 g/mol. The van der Waals surface area contributed by atoms with Crippen LogP contribution in [0.1, 0.15) is 4.88 Å². The van der Waals surface area contributed by atoms with Crippen molar-refractivity contribution in [1.29, 1.82) is 0 Å². The van der Waals surface area contributed by atoms with Gasteiger partial charge in [0.2, 0.25) is 0 Å². The van der Waals surface area contributed by atoms with Crippen molar-refractivity contribution < 1.29 is 14.3 Å². The van der Waals surface area contributed by atoms with E-state index in [0.717, 1.165) is 15.0 Å². The number of amides is 1. The molecule has 2 N–H and O–H groups in total. The predicted octanol–water partition coefficient (Wildman–Crippen LogP) is 2.60. The molecule has 1 amide bonds. The summed E-state index contributed by atoms with van der Waals surface area (Å²) in [4.78, 5) is 22.5. The predicted molar refractivity (Wildman–Crippen MR) is 76.0 cm³/mol. The molecule has 4 nitrogen and oxygen atoms in total. The number of rotatable bonds is 4. The number of benzene rings is 1. The van der Waals surface area contributed by atoms with Gasteiger partial charge < -0.3 is 10.5 Å². The zero-order chi connectivity index (χ0) is 13.8.